The van der Waals surface area contributed by atoms with E-state index in [9.17, 15) is 18.0 Å². The van der Waals surface area contributed by atoms with Gasteiger partial charge >= 0.3 is 18.2 Å². The highest BCUT2D eigenvalue weighted by Crippen LogP contribution is 2.52. The first kappa shape index (κ1) is 28.5. The van der Waals surface area contributed by atoms with E-state index in [4.69, 9.17) is 14.6 Å². The number of aliphatic carboxylic acids is 1. The molecular weight excluding hydrogens is 561 g/mol. The maximum atomic E-state index is 13.1. The predicted molar refractivity (Wildman–Crippen MR) is 151 cm³/mol. The van der Waals surface area contributed by atoms with E-state index in [2.05, 4.69) is 70.5 Å². The molecule has 8 nitrogen and oxygen atoms in total. The number of fused-ring (bicyclic) bond motifs is 5. The lowest BCUT2D eigenvalue weighted by Gasteiger charge is -2.25. The number of ether oxygens (including phenoxy) is 1. The SMILES string of the molecule is O=C(O)C(F)(F)F.O=C1OC2(CN1CC1CCN(Cc3ccc(-n4ccnc4)cc3)C1)c1ccccc1-c1ccccc12. The minimum atomic E-state index is -5.08. The number of carboxylic acid groups (broad SMARTS) is 1. The minimum absolute atomic E-state index is 0.199. The molecule has 2 fully saturated rings. The van der Waals surface area contributed by atoms with Crippen LogP contribution in [0.4, 0.5) is 18.0 Å². The third-order valence-corrected chi connectivity index (χ3v) is 8.18. The second-order valence-electron chi connectivity index (χ2n) is 11.0. The van der Waals surface area contributed by atoms with Gasteiger partial charge in [-0.2, -0.15) is 13.2 Å². The Morgan fingerprint density at radius 3 is 2.21 bits per heavy atom. The van der Waals surface area contributed by atoms with Crippen molar-refractivity contribution in [2.24, 2.45) is 5.92 Å². The van der Waals surface area contributed by atoms with Gasteiger partial charge in [0.2, 0.25) is 0 Å². The number of rotatable bonds is 5. The van der Waals surface area contributed by atoms with Crippen LogP contribution in [0.5, 0.6) is 0 Å². The Morgan fingerprint density at radius 2 is 1.63 bits per heavy atom. The first-order valence-electron chi connectivity index (χ1n) is 13.9. The average Bonchev–Trinajstić information content (AvgIpc) is 3.79. The number of imidazole rings is 1. The Labute approximate surface area is 245 Å². The summed E-state index contributed by atoms with van der Waals surface area (Å²) in [7, 11) is 0. The van der Waals surface area contributed by atoms with Crippen molar-refractivity contribution in [3.05, 3.63) is 108 Å². The fourth-order valence-corrected chi connectivity index (χ4v) is 6.24. The number of alkyl halides is 3. The molecule has 43 heavy (non-hydrogen) atoms. The van der Waals surface area contributed by atoms with Crippen molar-refractivity contribution in [3.8, 4) is 16.8 Å². The number of carbonyl (C=O) groups excluding carboxylic acids is 1. The molecule has 0 bridgehead atoms. The zero-order valence-electron chi connectivity index (χ0n) is 23.1. The average molecular weight is 591 g/mol. The number of aromatic nitrogens is 2. The molecule has 222 valence electrons. The summed E-state index contributed by atoms with van der Waals surface area (Å²) in [6.07, 6.45) is 1.37. The van der Waals surface area contributed by atoms with Crippen LogP contribution in [0.2, 0.25) is 0 Å². The van der Waals surface area contributed by atoms with E-state index in [1.807, 2.05) is 34.1 Å². The van der Waals surface area contributed by atoms with Gasteiger partial charge in [-0.05, 0) is 47.7 Å². The molecule has 1 spiro atoms. The highest BCUT2D eigenvalue weighted by molar-refractivity contribution is 5.84. The van der Waals surface area contributed by atoms with Crippen LogP contribution >= 0.6 is 0 Å². The number of carbonyl (C=O) groups is 2. The van der Waals surface area contributed by atoms with Crippen molar-refractivity contribution in [1.82, 2.24) is 19.4 Å². The second-order valence-corrected chi connectivity index (χ2v) is 11.0. The van der Waals surface area contributed by atoms with Crippen LogP contribution in [0, 0.1) is 5.92 Å². The van der Waals surface area contributed by atoms with Gasteiger partial charge in [0.25, 0.3) is 0 Å². The number of halogens is 3. The fraction of sp³-hybridized carbons (Fsp3) is 0.281. The number of hydrogen-bond donors (Lipinski definition) is 1. The monoisotopic (exact) mass is 590 g/mol. The van der Waals surface area contributed by atoms with Crippen LogP contribution < -0.4 is 0 Å². The number of amides is 1. The highest BCUT2D eigenvalue weighted by Gasteiger charge is 2.53. The molecule has 1 aliphatic carbocycles. The molecule has 0 saturated carbocycles. The Morgan fingerprint density at radius 1 is 1.00 bits per heavy atom. The standard InChI is InChI=1S/C30H28N4O2.C2HF3O2/c35-29-34(20-30(36-29)27-7-3-1-5-25(27)26-6-2-4-8-28(26)30)19-23-13-15-32(18-23)17-22-9-11-24(12-10-22)33-16-14-31-21-33;3-2(4,5)1(6)7/h1-12,14,16,21,23H,13,15,17-20H2;(H,6,7). The van der Waals surface area contributed by atoms with Crippen LogP contribution in [0.3, 0.4) is 0 Å². The van der Waals surface area contributed by atoms with Crippen molar-refractivity contribution in [2.45, 2.75) is 24.7 Å². The van der Waals surface area contributed by atoms with Gasteiger partial charge in [-0.1, -0.05) is 60.7 Å². The molecule has 11 heteroatoms. The molecule has 1 unspecified atom stereocenters. The quantitative estimate of drug-likeness (QED) is 0.321. The summed E-state index contributed by atoms with van der Waals surface area (Å²) in [4.78, 5) is 30.6. The molecule has 1 amide bonds. The Bertz CT molecular complexity index is 1580. The van der Waals surface area contributed by atoms with E-state index < -0.39 is 17.7 Å². The van der Waals surface area contributed by atoms with Gasteiger partial charge < -0.3 is 19.3 Å². The van der Waals surface area contributed by atoms with Crippen molar-refractivity contribution < 1.29 is 32.6 Å². The number of benzene rings is 3. The summed E-state index contributed by atoms with van der Waals surface area (Å²) >= 11 is 0. The van der Waals surface area contributed by atoms with E-state index in [0.717, 1.165) is 49.4 Å². The lowest BCUT2D eigenvalue weighted by Crippen LogP contribution is -2.35. The molecule has 3 aliphatic rings. The van der Waals surface area contributed by atoms with E-state index in [0.29, 0.717) is 12.5 Å². The molecule has 1 N–H and O–H groups in total. The molecule has 1 atom stereocenters. The van der Waals surface area contributed by atoms with E-state index >= 15 is 0 Å². The van der Waals surface area contributed by atoms with Crippen molar-refractivity contribution in [1.29, 1.82) is 0 Å². The molecule has 0 radical (unpaired) electrons. The van der Waals surface area contributed by atoms with Crippen LogP contribution in [0.1, 0.15) is 23.1 Å². The fourth-order valence-electron chi connectivity index (χ4n) is 6.24. The molecule has 2 aliphatic heterocycles. The largest absolute Gasteiger partial charge is 0.490 e. The molecule has 3 heterocycles. The van der Waals surface area contributed by atoms with E-state index in [1.165, 1.54) is 16.7 Å². The van der Waals surface area contributed by atoms with Gasteiger partial charge in [0, 0.05) is 48.8 Å². The zero-order valence-corrected chi connectivity index (χ0v) is 23.1. The lowest BCUT2D eigenvalue weighted by molar-refractivity contribution is -0.192. The smallest absolute Gasteiger partial charge is 0.475 e. The van der Waals surface area contributed by atoms with Crippen LogP contribution in [-0.4, -0.2) is 68.9 Å². The third-order valence-electron chi connectivity index (χ3n) is 8.18. The zero-order chi connectivity index (χ0) is 30.2. The van der Waals surface area contributed by atoms with Gasteiger partial charge in [0.05, 0.1) is 12.9 Å². The maximum absolute atomic E-state index is 13.1. The van der Waals surface area contributed by atoms with Crippen molar-refractivity contribution >= 4 is 12.1 Å². The van der Waals surface area contributed by atoms with Gasteiger partial charge in [0.15, 0.2) is 5.60 Å². The molecule has 4 aromatic rings. The Hall–Kier alpha value is -4.64. The number of hydrogen-bond acceptors (Lipinski definition) is 5. The van der Waals surface area contributed by atoms with Crippen LogP contribution in [-0.2, 0) is 21.7 Å². The van der Waals surface area contributed by atoms with Crippen LogP contribution in [0.15, 0.2) is 91.5 Å². The van der Waals surface area contributed by atoms with Gasteiger partial charge in [-0.3, -0.25) is 4.90 Å². The van der Waals surface area contributed by atoms with Gasteiger partial charge in [0.1, 0.15) is 0 Å². The topological polar surface area (TPSA) is 87.9 Å². The maximum Gasteiger partial charge on any atom is 0.490 e. The predicted octanol–water partition coefficient (Wildman–Crippen LogP) is 5.70. The first-order chi connectivity index (χ1) is 20.6. The van der Waals surface area contributed by atoms with E-state index in [-0.39, 0.29) is 6.09 Å². The Balaban J connectivity index is 0.000000423. The highest BCUT2D eigenvalue weighted by atomic mass is 19.4. The van der Waals surface area contributed by atoms with Crippen LogP contribution in [0.25, 0.3) is 16.8 Å². The first-order valence-corrected chi connectivity index (χ1v) is 13.9. The Kier molecular flexibility index (Phi) is 7.43. The van der Waals surface area contributed by atoms with E-state index in [1.54, 1.807) is 6.20 Å². The summed E-state index contributed by atoms with van der Waals surface area (Å²) < 4.78 is 40.0. The minimum Gasteiger partial charge on any atom is -0.475 e. The van der Waals surface area contributed by atoms with Gasteiger partial charge in [-0.15, -0.1) is 0 Å². The van der Waals surface area contributed by atoms with Crippen molar-refractivity contribution in [2.75, 3.05) is 26.2 Å². The number of likely N-dealkylation sites (tertiary alicyclic amines) is 1. The summed E-state index contributed by atoms with van der Waals surface area (Å²) in [5.41, 5.74) is 6.29. The second kappa shape index (κ2) is 11.2. The molecular formula is C32H29F3N4O4. The summed E-state index contributed by atoms with van der Waals surface area (Å²) in [5, 5.41) is 7.12. The summed E-state index contributed by atoms with van der Waals surface area (Å²) in [6, 6.07) is 25.4. The molecule has 7 rings (SSSR count). The molecule has 1 aromatic heterocycles. The number of carboxylic acids is 1. The number of nitrogens with zero attached hydrogens (tertiary/aromatic N) is 4. The van der Waals surface area contributed by atoms with Crippen molar-refractivity contribution in [3.63, 3.8) is 0 Å². The molecule has 2 saturated heterocycles. The molecule has 3 aromatic carbocycles. The normalized spacial score (nSPS) is 18.6. The third kappa shape index (κ3) is 5.60. The lowest BCUT2D eigenvalue weighted by atomic mass is 9.91. The summed E-state index contributed by atoms with van der Waals surface area (Å²) in [6.45, 7) is 4.28. The van der Waals surface area contributed by atoms with Gasteiger partial charge in [-0.25, -0.2) is 14.6 Å². The summed E-state index contributed by atoms with van der Waals surface area (Å²) in [5.74, 6) is -2.31.